The van der Waals surface area contributed by atoms with Crippen molar-refractivity contribution in [3.63, 3.8) is 0 Å². The predicted octanol–water partition coefficient (Wildman–Crippen LogP) is 4.19. The Morgan fingerprint density at radius 2 is 2.17 bits per heavy atom. The van der Waals surface area contributed by atoms with Crippen LogP contribution in [0.5, 0.6) is 5.75 Å². The van der Waals surface area contributed by atoms with Crippen LogP contribution in [-0.2, 0) is 6.42 Å². The summed E-state index contributed by atoms with van der Waals surface area (Å²) in [4.78, 5) is 9.42. The number of piperidine rings is 1. The highest BCUT2D eigenvalue weighted by atomic mass is 19.1. The SMILES string of the molecule is CCc1ccn2c(-c3ccc4cccc(O[C@H]5CCNCC5F)c4n3)cnc2c1. The maximum absolute atomic E-state index is 14.3. The molecule has 1 unspecified atom stereocenters. The monoisotopic (exact) mass is 390 g/mol. The number of aryl methyl sites for hydroxylation is 1. The molecule has 4 heterocycles. The van der Waals surface area contributed by atoms with Gasteiger partial charge in [0.15, 0.2) is 0 Å². The number of nitrogens with zero attached hydrogens (tertiary/aromatic N) is 3. The van der Waals surface area contributed by atoms with Gasteiger partial charge in [-0.3, -0.25) is 4.40 Å². The summed E-state index contributed by atoms with van der Waals surface area (Å²) in [7, 11) is 0. The Bertz CT molecular complexity index is 1170. The van der Waals surface area contributed by atoms with Crippen molar-refractivity contribution >= 4 is 16.6 Å². The van der Waals surface area contributed by atoms with Crippen LogP contribution in [0.3, 0.4) is 0 Å². The van der Waals surface area contributed by atoms with E-state index in [1.165, 1.54) is 5.56 Å². The zero-order chi connectivity index (χ0) is 19.8. The number of hydrogen-bond acceptors (Lipinski definition) is 4. The molecule has 148 valence electrons. The molecule has 0 radical (unpaired) electrons. The van der Waals surface area contributed by atoms with Gasteiger partial charge in [0.1, 0.15) is 29.2 Å². The Hall–Kier alpha value is -2.99. The molecular weight excluding hydrogens is 367 g/mol. The van der Waals surface area contributed by atoms with Gasteiger partial charge in [-0.05, 0) is 49.2 Å². The summed E-state index contributed by atoms with van der Waals surface area (Å²) in [5, 5.41) is 4.03. The van der Waals surface area contributed by atoms with E-state index in [2.05, 4.69) is 29.4 Å². The first kappa shape index (κ1) is 18.1. The average Bonchev–Trinajstić information content (AvgIpc) is 3.18. The Balaban J connectivity index is 1.56. The number of benzene rings is 1. The molecule has 5 nitrogen and oxygen atoms in total. The summed E-state index contributed by atoms with van der Waals surface area (Å²) < 4.78 is 22.4. The number of hydrogen-bond donors (Lipinski definition) is 1. The molecule has 1 fully saturated rings. The van der Waals surface area contributed by atoms with Gasteiger partial charge in [0.25, 0.3) is 0 Å². The van der Waals surface area contributed by atoms with E-state index in [0.717, 1.165) is 40.9 Å². The Morgan fingerprint density at radius 1 is 1.24 bits per heavy atom. The minimum atomic E-state index is -1.02. The molecule has 1 aliphatic heterocycles. The highest BCUT2D eigenvalue weighted by molar-refractivity contribution is 5.86. The highest BCUT2D eigenvalue weighted by Gasteiger charge is 2.27. The molecule has 3 aromatic heterocycles. The van der Waals surface area contributed by atoms with Crippen molar-refractivity contribution in [3.8, 4) is 17.1 Å². The summed E-state index contributed by atoms with van der Waals surface area (Å²) in [5.74, 6) is 0.626. The van der Waals surface area contributed by atoms with Crippen LogP contribution in [0.2, 0.25) is 0 Å². The minimum Gasteiger partial charge on any atom is -0.485 e. The second-order valence-electron chi connectivity index (χ2n) is 7.45. The molecule has 0 spiro atoms. The van der Waals surface area contributed by atoms with Crippen LogP contribution in [0.25, 0.3) is 27.9 Å². The van der Waals surface area contributed by atoms with Gasteiger partial charge >= 0.3 is 0 Å². The van der Waals surface area contributed by atoms with E-state index >= 15 is 0 Å². The molecule has 1 N–H and O–H groups in total. The van der Waals surface area contributed by atoms with Gasteiger partial charge in [-0.1, -0.05) is 25.1 Å². The number of ether oxygens (including phenoxy) is 1. The number of nitrogens with one attached hydrogen (secondary N) is 1. The van der Waals surface area contributed by atoms with Crippen molar-refractivity contribution in [3.05, 3.63) is 60.4 Å². The van der Waals surface area contributed by atoms with E-state index in [4.69, 9.17) is 9.72 Å². The van der Waals surface area contributed by atoms with Gasteiger partial charge in [-0.15, -0.1) is 0 Å². The zero-order valence-corrected chi connectivity index (χ0v) is 16.3. The van der Waals surface area contributed by atoms with Crippen LogP contribution in [0.1, 0.15) is 18.9 Å². The second kappa shape index (κ2) is 7.44. The van der Waals surface area contributed by atoms with Crippen molar-refractivity contribution in [2.75, 3.05) is 13.1 Å². The normalized spacial score (nSPS) is 19.7. The molecule has 6 heteroatoms. The van der Waals surface area contributed by atoms with Crippen LogP contribution in [0, 0.1) is 0 Å². The zero-order valence-electron chi connectivity index (χ0n) is 16.3. The molecule has 1 aliphatic rings. The molecule has 1 aromatic carbocycles. The van der Waals surface area contributed by atoms with Crippen molar-refractivity contribution < 1.29 is 9.13 Å². The van der Waals surface area contributed by atoms with E-state index in [0.29, 0.717) is 18.7 Å². The van der Waals surface area contributed by atoms with Gasteiger partial charge in [-0.25, -0.2) is 14.4 Å². The van der Waals surface area contributed by atoms with E-state index in [9.17, 15) is 4.39 Å². The van der Waals surface area contributed by atoms with Crippen molar-refractivity contribution in [1.29, 1.82) is 0 Å². The molecular formula is C23H23FN4O. The Morgan fingerprint density at radius 3 is 3.03 bits per heavy atom. The lowest BCUT2D eigenvalue weighted by Crippen LogP contribution is -2.44. The lowest BCUT2D eigenvalue weighted by Gasteiger charge is -2.27. The van der Waals surface area contributed by atoms with E-state index in [1.54, 1.807) is 0 Å². The van der Waals surface area contributed by atoms with Crippen LogP contribution in [0.4, 0.5) is 4.39 Å². The number of halogens is 1. The van der Waals surface area contributed by atoms with Crippen molar-refractivity contribution in [2.24, 2.45) is 0 Å². The molecule has 29 heavy (non-hydrogen) atoms. The van der Waals surface area contributed by atoms with Crippen LogP contribution in [0.15, 0.2) is 54.9 Å². The maximum Gasteiger partial charge on any atom is 0.149 e. The third-order valence-electron chi connectivity index (χ3n) is 5.56. The molecule has 2 atom stereocenters. The van der Waals surface area contributed by atoms with E-state index in [1.807, 2.05) is 47.1 Å². The average molecular weight is 390 g/mol. The molecule has 5 rings (SSSR count). The second-order valence-corrected chi connectivity index (χ2v) is 7.45. The van der Waals surface area contributed by atoms with Crippen LogP contribution < -0.4 is 10.1 Å². The summed E-state index contributed by atoms with van der Waals surface area (Å²) in [6.07, 6.45) is 4.03. The van der Waals surface area contributed by atoms with E-state index < -0.39 is 12.3 Å². The topological polar surface area (TPSA) is 51.5 Å². The standard InChI is InChI=1S/C23H23FN4O/c1-2-15-9-11-28-19(14-26-22(28)12-15)18-7-6-16-4-3-5-21(23(16)27-18)29-20-8-10-25-13-17(20)24/h3-7,9,11-12,14,17,20,25H,2,8,10,13H2,1H3/t17?,20-/m0/s1. The van der Waals surface area contributed by atoms with Gasteiger partial charge in [0.05, 0.1) is 17.6 Å². The fourth-order valence-corrected chi connectivity index (χ4v) is 3.88. The number of pyridine rings is 2. The van der Waals surface area contributed by atoms with Crippen molar-refractivity contribution in [1.82, 2.24) is 19.7 Å². The largest absolute Gasteiger partial charge is 0.485 e. The number of rotatable bonds is 4. The quantitative estimate of drug-likeness (QED) is 0.568. The molecule has 0 saturated carbocycles. The molecule has 1 saturated heterocycles. The first-order chi connectivity index (χ1) is 14.2. The maximum atomic E-state index is 14.3. The number of para-hydroxylation sites is 1. The fourth-order valence-electron chi connectivity index (χ4n) is 3.88. The molecule has 0 amide bonds. The van der Waals surface area contributed by atoms with Gasteiger partial charge in [-0.2, -0.15) is 0 Å². The highest BCUT2D eigenvalue weighted by Crippen LogP contribution is 2.30. The molecule has 4 aromatic rings. The third kappa shape index (κ3) is 3.34. The number of alkyl halides is 1. The smallest absolute Gasteiger partial charge is 0.149 e. The predicted molar refractivity (Wildman–Crippen MR) is 112 cm³/mol. The van der Waals surface area contributed by atoms with Crippen molar-refractivity contribution in [2.45, 2.75) is 32.0 Å². The first-order valence-electron chi connectivity index (χ1n) is 10.1. The molecule has 0 aliphatic carbocycles. The number of aromatic nitrogens is 3. The van der Waals surface area contributed by atoms with Gasteiger partial charge < -0.3 is 10.1 Å². The Kier molecular flexibility index (Phi) is 4.64. The Labute approximate surface area is 168 Å². The van der Waals surface area contributed by atoms with Gasteiger partial charge in [0, 0.05) is 18.1 Å². The van der Waals surface area contributed by atoms with E-state index in [-0.39, 0.29) is 0 Å². The van der Waals surface area contributed by atoms with Crippen LogP contribution >= 0.6 is 0 Å². The third-order valence-corrected chi connectivity index (χ3v) is 5.56. The number of imidazole rings is 1. The fraction of sp³-hybridized carbons (Fsp3) is 0.304. The minimum absolute atomic E-state index is 0.329. The summed E-state index contributed by atoms with van der Waals surface area (Å²) in [6.45, 7) is 3.22. The first-order valence-corrected chi connectivity index (χ1v) is 10.1. The molecule has 0 bridgehead atoms. The number of fused-ring (bicyclic) bond motifs is 2. The van der Waals surface area contributed by atoms with Gasteiger partial charge in [0.2, 0.25) is 0 Å². The summed E-state index contributed by atoms with van der Waals surface area (Å²) in [5.41, 5.74) is 4.63. The lowest BCUT2D eigenvalue weighted by molar-refractivity contribution is 0.0743. The lowest BCUT2D eigenvalue weighted by atomic mass is 10.1. The van der Waals surface area contributed by atoms with Crippen LogP contribution in [-0.4, -0.2) is 39.7 Å². The summed E-state index contributed by atoms with van der Waals surface area (Å²) in [6, 6.07) is 14.0. The summed E-state index contributed by atoms with van der Waals surface area (Å²) >= 11 is 0.